The fourth-order valence-corrected chi connectivity index (χ4v) is 4.10. The number of nitrogens with zero attached hydrogens (tertiary/aromatic N) is 2. The van der Waals surface area contributed by atoms with Crippen molar-refractivity contribution in [1.29, 1.82) is 0 Å². The molecule has 1 fully saturated rings. The Hall–Kier alpha value is -2.15. The number of hydrogen-bond acceptors (Lipinski definition) is 5. The number of benzene rings is 1. The first kappa shape index (κ1) is 18.6. The summed E-state index contributed by atoms with van der Waals surface area (Å²) in [5.74, 6) is 0.214. The molecule has 1 amide bonds. The Morgan fingerprint density at radius 3 is 2.88 bits per heavy atom. The van der Waals surface area contributed by atoms with E-state index in [4.69, 9.17) is 4.74 Å². The topological polar surface area (TPSA) is 54.5 Å². The first-order valence-corrected chi connectivity index (χ1v) is 9.61. The molecule has 5 nitrogen and oxygen atoms in total. The summed E-state index contributed by atoms with van der Waals surface area (Å²) in [6, 6.07) is 4.84. The lowest BCUT2D eigenvalue weighted by molar-refractivity contribution is 0.0545. The summed E-state index contributed by atoms with van der Waals surface area (Å²) in [4.78, 5) is 20.2. The molecule has 0 aliphatic carbocycles. The quantitative estimate of drug-likeness (QED) is 0.846. The van der Waals surface area contributed by atoms with Crippen molar-refractivity contribution in [2.75, 3.05) is 19.0 Å². The Labute approximate surface area is 157 Å². The molecule has 1 aliphatic rings. The summed E-state index contributed by atoms with van der Waals surface area (Å²) in [6.07, 6.45) is 2.17. The van der Waals surface area contributed by atoms with Gasteiger partial charge in [0.25, 0.3) is 5.91 Å². The van der Waals surface area contributed by atoms with Crippen molar-refractivity contribution in [3.05, 3.63) is 34.6 Å². The molecule has 2 heterocycles. The molecule has 0 saturated carbocycles. The van der Waals surface area contributed by atoms with Gasteiger partial charge in [0.1, 0.15) is 5.69 Å². The number of thiazole rings is 1. The lowest BCUT2D eigenvalue weighted by Gasteiger charge is -2.37. The van der Waals surface area contributed by atoms with Crippen LogP contribution >= 0.6 is 11.3 Å². The van der Waals surface area contributed by atoms with Crippen LogP contribution in [0.5, 0.6) is 5.75 Å². The summed E-state index contributed by atoms with van der Waals surface area (Å²) in [6.45, 7) is 6.95. The Balaban J connectivity index is 1.78. The van der Waals surface area contributed by atoms with Crippen LogP contribution in [0.2, 0.25) is 0 Å². The van der Waals surface area contributed by atoms with Crippen LogP contribution < -0.4 is 10.1 Å². The summed E-state index contributed by atoms with van der Waals surface area (Å²) in [5.41, 5.74) is 1.04. The Kier molecular flexibility index (Phi) is 5.46. The third-order valence-corrected chi connectivity index (χ3v) is 5.92. The highest BCUT2D eigenvalue weighted by atomic mass is 32.1. The number of hydrogen-bond donors (Lipinski definition) is 1. The molecule has 2 atom stereocenters. The minimum Gasteiger partial charge on any atom is -0.494 e. The van der Waals surface area contributed by atoms with Gasteiger partial charge in [0.05, 0.1) is 7.11 Å². The van der Waals surface area contributed by atoms with Gasteiger partial charge < -0.3 is 15.0 Å². The summed E-state index contributed by atoms with van der Waals surface area (Å²) >= 11 is 1.40. The van der Waals surface area contributed by atoms with Gasteiger partial charge in [-0.3, -0.25) is 4.79 Å². The predicted molar refractivity (Wildman–Crippen MR) is 102 cm³/mol. The number of aromatic nitrogens is 1. The largest absolute Gasteiger partial charge is 0.494 e. The molecule has 2 aromatic rings. The number of halogens is 1. The van der Waals surface area contributed by atoms with Crippen LogP contribution in [-0.2, 0) is 0 Å². The zero-order chi connectivity index (χ0) is 18.8. The van der Waals surface area contributed by atoms with E-state index < -0.39 is 5.82 Å². The maximum absolute atomic E-state index is 13.8. The molecule has 1 N–H and O–H groups in total. The van der Waals surface area contributed by atoms with E-state index in [0.29, 0.717) is 22.4 Å². The summed E-state index contributed by atoms with van der Waals surface area (Å²) < 4.78 is 18.8. The van der Waals surface area contributed by atoms with Crippen molar-refractivity contribution >= 4 is 28.1 Å². The fourth-order valence-electron chi connectivity index (χ4n) is 3.27. The van der Waals surface area contributed by atoms with Crippen molar-refractivity contribution in [2.24, 2.45) is 5.92 Å². The van der Waals surface area contributed by atoms with Crippen LogP contribution in [0, 0.1) is 18.7 Å². The van der Waals surface area contributed by atoms with Crippen LogP contribution in [0.3, 0.4) is 0 Å². The van der Waals surface area contributed by atoms with Gasteiger partial charge in [-0.15, -0.1) is 11.3 Å². The number of nitrogens with one attached hydrogen (secondary N) is 1. The molecular weight excluding hydrogens is 353 g/mol. The monoisotopic (exact) mass is 377 g/mol. The lowest BCUT2D eigenvalue weighted by atomic mass is 9.92. The van der Waals surface area contributed by atoms with Crippen molar-refractivity contribution in [2.45, 2.75) is 39.7 Å². The molecule has 0 bridgehead atoms. The minimum absolute atomic E-state index is 0.0215. The van der Waals surface area contributed by atoms with E-state index >= 15 is 0 Å². The highest BCUT2D eigenvalue weighted by molar-refractivity contribution is 7.15. The van der Waals surface area contributed by atoms with Crippen molar-refractivity contribution in [3.63, 3.8) is 0 Å². The van der Waals surface area contributed by atoms with E-state index in [-0.39, 0.29) is 17.7 Å². The van der Waals surface area contributed by atoms with E-state index in [2.05, 4.69) is 24.1 Å². The van der Waals surface area contributed by atoms with Gasteiger partial charge in [0, 0.05) is 29.2 Å². The second-order valence-electron chi connectivity index (χ2n) is 6.76. The molecule has 1 aliphatic heterocycles. The lowest BCUT2D eigenvalue weighted by Crippen LogP contribution is -2.46. The standard InChI is InChI=1S/C19H24FN3O2S/c1-11-6-5-9-23(12(11)2)18(24)17-13(3)26-19(22-17)21-14-7-8-16(25-4)15(20)10-14/h7-8,10-12H,5-6,9H2,1-4H3,(H,21,22)/t11?,12-/m0/s1. The molecule has 140 valence electrons. The number of rotatable bonds is 4. The number of piperidine rings is 1. The van der Waals surface area contributed by atoms with Crippen molar-refractivity contribution < 1.29 is 13.9 Å². The highest BCUT2D eigenvalue weighted by Gasteiger charge is 2.31. The third-order valence-electron chi connectivity index (χ3n) is 5.04. The number of likely N-dealkylation sites (tertiary alicyclic amines) is 1. The molecule has 0 spiro atoms. The van der Waals surface area contributed by atoms with Crippen LogP contribution in [0.4, 0.5) is 15.2 Å². The van der Waals surface area contributed by atoms with Gasteiger partial charge in [-0.05, 0) is 44.7 Å². The molecule has 1 aromatic heterocycles. The van der Waals surface area contributed by atoms with Gasteiger partial charge in [-0.25, -0.2) is 9.37 Å². The Morgan fingerprint density at radius 1 is 1.42 bits per heavy atom. The zero-order valence-corrected chi connectivity index (χ0v) is 16.3. The van der Waals surface area contributed by atoms with Gasteiger partial charge >= 0.3 is 0 Å². The predicted octanol–water partition coefficient (Wildman–Crippen LogP) is 4.60. The van der Waals surface area contributed by atoms with Crippen LogP contribution in [0.1, 0.15) is 42.1 Å². The van der Waals surface area contributed by atoms with Crippen LogP contribution in [-0.4, -0.2) is 35.5 Å². The van der Waals surface area contributed by atoms with Gasteiger partial charge in [0.2, 0.25) is 0 Å². The Bertz CT molecular complexity index is 808. The average molecular weight is 377 g/mol. The second-order valence-corrected chi connectivity index (χ2v) is 7.96. The van der Waals surface area contributed by atoms with E-state index in [1.165, 1.54) is 24.5 Å². The smallest absolute Gasteiger partial charge is 0.273 e. The molecule has 0 radical (unpaired) electrons. The summed E-state index contributed by atoms with van der Waals surface area (Å²) in [7, 11) is 1.43. The molecule has 1 unspecified atom stereocenters. The van der Waals surface area contributed by atoms with Gasteiger partial charge in [-0.1, -0.05) is 6.92 Å². The maximum Gasteiger partial charge on any atom is 0.273 e. The van der Waals surface area contributed by atoms with E-state index in [9.17, 15) is 9.18 Å². The van der Waals surface area contributed by atoms with Gasteiger partial charge in [0.15, 0.2) is 16.7 Å². The Morgan fingerprint density at radius 2 is 2.19 bits per heavy atom. The SMILES string of the molecule is COc1ccc(Nc2nc(C(=O)N3CCCC(C)[C@@H]3C)c(C)s2)cc1F. The number of carbonyl (C=O) groups excluding carboxylic acids is 1. The van der Waals surface area contributed by atoms with Gasteiger partial charge in [-0.2, -0.15) is 0 Å². The first-order chi connectivity index (χ1) is 12.4. The first-order valence-electron chi connectivity index (χ1n) is 8.79. The molecular formula is C19H24FN3O2S. The molecule has 26 heavy (non-hydrogen) atoms. The number of anilines is 2. The summed E-state index contributed by atoms with van der Waals surface area (Å²) in [5, 5.41) is 3.65. The zero-order valence-electron chi connectivity index (χ0n) is 15.5. The number of ether oxygens (including phenoxy) is 1. The number of carbonyl (C=O) groups is 1. The van der Waals surface area contributed by atoms with E-state index in [1.54, 1.807) is 12.1 Å². The molecule has 3 rings (SSSR count). The normalized spacial score (nSPS) is 20.1. The third kappa shape index (κ3) is 3.67. The van der Waals surface area contributed by atoms with Crippen LogP contribution in [0.15, 0.2) is 18.2 Å². The second kappa shape index (κ2) is 7.61. The highest BCUT2D eigenvalue weighted by Crippen LogP contribution is 2.30. The minimum atomic E-state index is -0.446. The van der Waals surface area contributed by atoms with Crippen molar-refractivity contribution in [3.8, 4) is 5.75 Å². The molecule has 1 saturated heterocycles. The number of aryl methyl sites for hydroxylation is 1. The van der Waals surface area contributed by atoms with E-state index in [1.807, 2.05) is 11.8 Å². The molecule has 1 aromatic carbocycles. The van der Waals surface area contributed by atoms with E-state index in [0.717, 1.165) is 24.3 Å². The molecule has 7 heteroatoms. The fraction of sp³-hybridized carbons (Fsp3) is 0.474. The van der Waals surface area contributed by atoms with Crippen molar-refractivity contribution in [1.82, 2.24) is 9.88 Å². The maximum atomic E-state index is 13.8. The van der Waals surface area contributed by atoms with Crippen LogP contribution in [0.25, 0.3) is 0 Å². The number of methoxy groups -OCH3 is 1. The number of amides is 1. The average Bonchev–Trinajstić information content (AvgIpc) is 2.97.